The quantitative estimate of drug-likeness (QED) is 0.120. The van der Waals surface area contributed by atoms with Gasteiger partial charge in [0.2, 0.25) is 0 Å². The van der Waals surface area contributed by atoms with Crippen molar-refractivity contribution in [2.24, 2.45) is 0 Å². The molecule has 8 aliphatic heterocycles. The van der Waals surface area contributed by atoms with Gasteiger partial charge in [0.1, 0.15) is 17.5 Å². The van der Waals surface area contributed by atoms with E-state index in [0.29, 0.717) is 0 Å². The van der Waals surface area contributed by atoms with Crippen molar-refractivity contribution in [1.29, 1.82) is 0 Å². The van der Waals surface area contributed by atoms with E-state index in [-0.39, 0.29) is 0 Å². The molecule has 16 aromatic rings. The number of fused-ring (bicyclic) bond motifs is 32. The predicted octanol–water partition coefficient (Wildman–Crippen LogP) is 23.2. The van der Waals surface area contributed by atoms with E-state index in [0.717, 1.165) is 243 Å². The molecular weight excluding hydrogens is 1590 g/mol. The molecule has 8 aliphatic rings. The molecule has 593 valence electrons. The molecule has 32 bridgehead atoms. The van der Waals surface area contributed by atoms with Gasteiger partial charge in [0.25, 0.3) is 0 Å². The van der Waals surface area contributed by atoms with E-state index in [9.17, 15) is 0 Å². The molecule has 20 nitrogen and oxygen atoms in total. The van der Waals surface area contributed by atoms with Crippen molar-refractivity contribution in [3.63, 3.8) is 0 Å². The van der Waals surface area contributed by atoms with Crippen molar-refractivity contribution in [2.75, 3.05) is 0 Å². The van der Waals surface area contributed by atoms with Crippen LogP contribution < -0.4 is 0 Å². The number of nitrogens with zero attached hydrogens (tertiary/aromatic N) is 16. The second kappa shape index (κ2) is 32.6. The van der Waals surface area contributed by atoms with Crippen LogP contribution in [0.1, 0.15) is 113 Å². The van der Waals surface area contributed by atoms with Gasteiger partial charge in [0, 0.05) is 84.8 Å². The summed E-state index contributed by atoms with van der Waals surface area (Å²) in [7, 11) is 0. The first-order valence-electron chi connectivity index (χ1n) is 41.1. The van der Waals surface area contributed by atoms with Crippen LogP contribution in [0.4, 0.5) is 0 Å². The van der Waals surface area contributed by atoms with Crippen LogP contribution in [0.15, 0.2) is 267 Å². The molecule has 0 spiro atoms. The Morgan fingerprint density at radius 2 is 0.392 bits per heavy atom. The third-order valence-electron chi connectivity index (χ3n) is 21.9. The summed E-state index contributed by atoms with van der Waals surface area (Å²) >= 11 is 1.05. The Balaban J connectivity index is 0.000000102. The minimum atomic E-state index is 0.903. The zero-order valence-corrected chi connectivity index (χ0v) is 71.4. The van der Waals surface area contributed by atoms with E-state index in [2.05, 4.69) is 274 Å². The Bertz CT molecular complexity index is 7320. The van der Waals surface area contributed by atoms with Crippen LogP contribution in [0.2, 0.25) is 0 Å². The number of hydrogen-bond acceptors (Lipinski definition) is 12. The van der Waals surface area contributed by atoms with Crippen molar-refractivity contribution in [3.05, 3.63) is 381 Å². The van der Waals surface area contributed by atoms with Crippen molar-refractivity contribution in [3.8, 4) is 23.3 Å². The molecule has 125 heavy (non-hydrogen) atoms. The molecule has 0 saturated heterocycles. The molecule has 21 heteroatoms. The number of aryl methyl sites for hydroxylation is 4. The summed E-state index contributed by atoms with van der Waals surface area (Å²) in [6, 6.07) is 82.7. The number of rotatable bonds is 4. The Morgan fingerprint density at radius 3 is 0.592 bits per heavy atom. The second-order valence-electron chi connectivity index (χ2n) is 31.1. The number of pyridine rings is 4. The van der Waals surface area contributed by atoms with Crippen LogP contribution in [0.25, 0.3) is 207 Å². The fraction of sp³-hybridized carbons (Fsp3) is 0.0385. The maximum atomic E-state index is 4.91. The van der Waals surface area contributed by atoms with Crippen molar-refractivity contribution in [2.45, 2.75) is 27.7 Å². The summed E-state index contributed by atoms with van der Waals surface area (Å²) in [6.45, 7) is 8.32. The minimum absolute atomic E-state index is 0.903. The van der Waals surface area contributed by atoms with Gasteiger partial charge in [-0.2, -0.15) is 0 Å². The summed E-state index contributed by atoms with van der Waals surface area (Å²) in [5.74, 6) is 3.62. The molecule has 4 N–H and O–H groups in total. The molecule has 0 amide bonds. The van der Waals surface area contributed by atoms with E-state index < -0.39 is 0 Å². The summed E-state index contributed by atoms with van der Waals surface area (Å²) in [6.07, 6.45) is 38.0. The summed E-state index contributed by atoms with van der Waals surface area (Å²) in [5, 5.41) is 0. The molecular formula is C104H75N20Zn. The third-order valence-corrected chi connectivity index (χ3v) is 23.1. The topological polar surface area (TPSA) is 238 Å². The Kier molecular flexibility index (Phi) is 19.9. The first-order chi connectivity index (χ1) is 61.2. The maximum absolute atomic E-state index is 4.91. The molecule has 0 aliphatic carbocycles. The first kappa shape index (κ1) is 76.0. The molecule has 24 heterocycles. The van der Waals surface area contributed by atoms with Crippen LogP contribution in [0, 0.1) is 27.7 Å². The molecule has 16 aromatic heterocycles. The van der Waals surface area contributed by atoms with Gasteiger partial charge in [-0.1, -0.05) is 18.2 Å². The number of H-pyrrole nitrogens is 4. The third kappa shape index (κ3) is 16.4. The van der Waals surface area contributed by atoms with Gasteiger partial charge in [0.05, 0.1) is 68.3 Å². The van der Waals surface area contributed by atoms with E-state index in [1.54, 1.807) is 0 Å². The van der Waals surface area contributed by atoms with E-state index in [1.807, 2.05) is 171 Å². The Hall–Kier alpha value is -16.4. The predicted molar refractivity (Wildman–Crippen MR) is 504 cm³/mol. The van der Waals surface area contributed by atoms with Crippen molar-refractivity contribution < 1.29 is 18.3 Å². The van der Waals surface area contributed by atoms with Crippen LogP contribution >= 0.6 is 0 Å². The first-order valence-corrected chi connectivity index (χ1v) is 42.6. The van der Waals surface area contributed by atoms with E-state index in [4.69, 9.17) is 39.9 Å². The zero-order valence-electron chi connectivity index (χ0n) is 68.4. The summed E-state index contributed by atoms with van der Waals surface area (Å²) in [4.78, 5) is 70.7. The van der Waals surface area contributed by atoms with Gasteiger partial charge < -0.3 is 15.0 Å². The van der Waals surface area contributed by atoms with Gasteiger partial charge in [-0.25, -0.2) is 44.9 Å². The van der Waals surface area contributed by atoms with Gasteiger partial charge >= 0.3 is 195 Å². The van der Waals surface area contributed by atoms with Crippen LogP contribution in [-0.2, 0) is 18.3 Å². The van der Waals surface area contributed by atoms with Crippen LogP contribution in [0.5, 0.6) is 0 Å². The van der Waals surface area contributed by atoms with E-state index >= 15 is 0 Å². The van der Waals surface area contributed by atoms with Gasteiger partial charge in [-0.05, 0) is 274 Å². The molecule has 0 fully saturated rings. The standard InChI is InChI=1S/3C26H19N5.C26H18N5.Zn/c4*1-17-3-2-12-27-26(17)31-24-10-11-25(31)16-23-9-7-21(30-23)14-19-5-4-18(28-19)13-20-6-8-22(15-24)29-20;/h3*2-16,28H,1H3;2-6,8-16,28H,1H3;. The van der Waals surface area contributed by atoms with Crippen molar-refractivity contribution >= 4 is 184 Å². The zero-order chi connectivity index (χ0) is 84.0. The Labute approximate surface area is 726 Å². The summed E-state index contributed by atoms with van der Waals surface area (Å²) in [5.41, 5.74) is 35.5. The fourth-order valence-electron chi connectivity index (χ4n) is 16.0. The van der Waals surface area contributed by atoms with Crippen molar-refractivity contribution in [1.82, 2.24) is 98.0 Å². The average molecular weight is 1670 g/mol. The second-order valence-corrected chi connectivity index (χ2v) is 32.7. The van der Waals surface area contributed by atoms with Crippen LogP contribution in [-0.4, -0.2) is 98.0 Å². The summed E-state index contributed by atoms with van der Waals surface area (Å²) < 4.78 is 9.93. The normalized spacial score (nSPS) is 12.5. The molecule has 0 aromatic carbocycles. The Morgan fingerprint density at radius 1 is 0.208 bits per heavy atom. The molecule has 24 rings (SSSR count). The number of hydrogen-bond donors (Lipinski definition) is 4. The SMILES string of the molecule is Cc1cccnc1-n1c2ccc1cc1nc(cc3ccc(cc4nc(c2)C=C4)[nH]3)C=C1.Cc1cccnc1-n1c2ccc1cc1nc(cc3ccc(cc4nc(c2)C=C4)[nH]3)C=C1.Cc1cccnc1-n1c2ccc1cc1nc(cc3ccc(cc4nc(c2)C=C4)[nH]3)C=C1.Cc1cccnc1-n1c2ccc1cc1nc(cc3ccc(cc4nc(c2)C=C4)[nH]3)[C]([Zn])=C1. The van der Waals surface area contributed by atoms with Gasteiger partial charge in [-0.15, -0.1) is 0 Å². The number of nitrogens with one attached hydrogen (secondary N) is 4. The van der Waals surface area contributed by atoms with Gasteiger partial charge in [-0.3, -0.25) is 13.7 Å². The monoisotopic (exact) mass is 1670 g/mol. The van der Waals surface area contributed by atoms with Gasteiger partial charge in [0.15, 0.2) is 0 Å². The van der Waals surface area contributed by atoms with E-state index in [1.165, 1.54) is 4.17 Å². The van der Waals surface area contributed by atoms with Crippen LogP contribution in [0.3, 0.4) is 0 Å². The molecule has 0 atom stereocenters. The molecule has 0 radical (unpaired) electrons. The molecule has 0 saturated carbocycles. The molecule has 0 unspecified atom stereocenters. The fourth-order valence-corrected chi connectivity index (χ4v) is 16.9. The number of aromatic amines is 4. The average Bonchev–Trinajstić information content (AvgIpc) is 1.66. The number of aromatic nitrogens is 20.